The molecule has 1 amide bonds. The molecular formula is C13H14N4O3. The number of carboxylic acid groups (broad SMARTS) is 1. The van der Waals surface area contributed by atoms with E-state index in [2.05, 4.69) is 10.3 Å². The lowest BCUT2D eigenvalue weighted by atomic mass is 10.2. The number of anilines is 3. The van der Waals surface area contributed by atoms with Gasteiger partial charge in [0.05, 0.1) is 0 Å². The quantitative estimate of drug-likeness (QED) is 0.681. The minimum absolute atomic E-state index is 0.198. The summed E-state index contributed by atoms with van der Waals surface area (Å²) < 4.78 is 5.66. The fraction of sp³-hybridized carbons (Fsp3) is 0.0769. The number of nitrogen functional groups attached to an aromatic ring is 2. The number of nitrogens with two attached hydrogens (primary N) is 2. The lowest BCUT2D eigenvalue weighted by Gasteiger charge is -2.12. The first-order valence-corrected chi connectivity index (χ1v) is 5.76. The van der Waals surface area contributed by atoms with E-state index in [-0.39, 0.29) is 11.5 Å². The Hall–Kier alpha value is -2.96. The standard InChI is InChI=1S/C13H14N4O3/c1-7-6-8(17-13(18)19)2-3-9(7)20-10-4-5-16-12(15)11(10)14/h2-6,17H,14H2,1H3,(H2,15,16)(H,18,19). The van der Waals surface area contributed by atoms with Gasteiger partial charge in [0.2, 0.25) is 0 Å². The van der Waals surface area contributed by atoms with Crippen LogP contribution in [0.15, 0.2) is 30.5 Å². The van der Waals surface area contributed by atoms with Crippen molar-refractivity contribution in [3.63, 3.8) is 0 Å². The van der Waals surface area contributed by atoms with Gasteiger partial charge in [-0.2, -0.15) is 0 Å². The summed E-state index contributed by atoms with van der Waals surface area (Å²) in [5, 5.41) is 10.9. The van der Waals surface area contributed by atoms with Gasteiger partial charge in [0.25, 0.3) is 0 Å². The van der Waals surface area contributed by atoms with Gasteiger partial charge in [-0.15, -0.1) is 0 Å². The fourth-order valence-corrected chi connectivity index (χ4v) is 1.64. The monoisotopic (exact) mass is 274 g/mol. The second kappa shape index (κ2) is 5.35. The van der Waals surface area contributed by atoms with Gasteiger partial charge in [0, 0.05) is 18.0 Å². The molecule has 1 aromatic carbocycles. The summed E-state index contributed by atoms with van der Waals surface area (Å²) in [7, 11) is 0. The highest BCUT2D eigenvalue weighted by Crippen LogP contribution is 2.32. The van der Waals surface area contributed by atoms with Crippen LogP contribution in [-0.4, -0.2) is 16.2 Å². The highest BCUT2D eigenvalue weighted by atomic mass is 16.5. The molecule has 1 aromatic heterocycles. The number of nitrogens with zero attached hydrogens (tertiary/aromatic N) is 1. The number of hydrogen-bond donors (Lipinski definition) is 4. The van der Waals surface area contributed by atoms with Crippen molar-refractivity contribution in [2.24, 2.45) is 0 Å². The molecule has 0 saturated carbocycles. The number of rotatable bonds is 3. The predicted molar refractivity (Wildman–Crippen MR) is 76.0 cm³/mol. The predicted octanol–water partition coefficient (Wildman–Crippen LogP) is 2.44. The normalized spacial score (nSPS) is 10.1. The van der Waals surface area contributed by atoms with Crippen molar-refractivity contribution in [1.29, 1.82) is 0 Å². The molecule has 0 aliphatic rings. The van der Waals surface area contributed by atoms with E-state index >= 15 is 0 Å². The second-order valence-corrected chi connectivity index (χ2v) is 4.12. The molecule has 0 radical (unpaired) electrons. The average Bonchev–Trinajstić information content (AvgIpc) is 2.37. The van der Waals surface area contributed by atoms with Crippen LogP contribution in [0.4, 0.5) is 22.0 Å². The van der Waals surface area contributed by atoms with Crippen molar-refractivity contribution >= 4 is 23.3 Å². The molecule has 0 aliphatic carbocycles. The first kappa shape index (κ1) is 13.5. The number of carbonyl (C=O) groups is 1. The van der Waals surface area contributed by atoms with Gasteiger partial charge in [-0.1, -0.05) is 0 Å². The Morgan fingerprint density at radius 2 is 2.05 bits per heavy atom. The van der Waals surface area contributed by atoms with Crippen molar-refractivity contribution in [3.05, 3.63) is 36.0 Å². The largest absolute Gasteiger partial charge is 0.465 e. The maximum Gasteiger partial charge on any atom is 0.409 e. The number of aryl methyl sites for hydroxylation is 1. The van der Waals surface area contributed by atoms with Crippen molar-refractivity contribution in [2.45, 2.75) is 6.92 Å². The van der Waals surface area contributed by atoms with Crippen LogP contribution in [0.25, 0.3) is 0 Å². The Kier molecular flexibility index (Phi) is 3.60. The molecule has 0 atom stereocenters. The van der Waals surface area contributed by atoms with Crippen LogP contribution in [0.5, 0.6) is 11.5 Å². The summed E-state index contributed by atoms with van der Waals surface area (Å²) in [5.74, 6) is 1.15. The van der Waals surface area contributed by atoms with E-state index in [0.717, 1.165) is 5.56 Å². The molecule has 7 heteroatoms. The number of benzene rings is 1. The van der Waals surface area contributed by atoms with Gasteiger partial charge in [0.1, 0.15) is 17.3 Å². The lowest BCUT2D eigenvalue weighted by molar-refractivity contribution is 0.209. The van der Waals surface area contributed by atoms with Crippen molar-refractivity contribution in [2.75, 3.05) is 16.8 Å². The first-order valence-electron chi connectivity index (χ1n) is 5.76. The Labute approximate surface area is 115 Å². The molecule has 104 valence electrons. The average molecular weight is 274 g/mol. The molecule has 0 aliphatic heterocycles. The van der Waals surface area contributed by atoms with Crippen LogP contribution in [0.1, 0.15) is 5.56 Å². The maximum atomic E-state index is 10.6. The van der Waals surface area contributed by atoms with Crippen LogP contribution >= 0.6 is 0 Å². The molecule has 20 heavy (non-hydrogen) atoms. The molecule has 2 aromatic rings. The summed E-state index contributed by atoms with van der Waals surface area (Å²) in [6, 6.07) is 6.51. The van der Waals surface area contributed by atoms with Gasteiger partial charge in [0.15, 0.2) is 5.75 Å². The summed E-state index contributed by atoms with van der Waals surface area (Å²) in [4.78, 5) is 14.4. The van der Waals surface area contributed by atoms with Gasteiger partial charge in [-0.25, -0.2) is 9.78 Å². The highest BCUT2D eigenvalue weighted by Gasteiger charge is 2.08. The van der Waals surface area contributed by atoms with Crippen LogP contribution in [0.3, 0.4) is 0 Å². The van der Waals surface area contributed by atoms with Crippen molar-refractivity contribution in [3.8, 4) is 11.5 Å². The van der Waals surface area contributed by atoms with E-state index < -0.39 is 6.09 Å². The first-order chi connectivity index (χ1) is 9.47. The number of pyridine rings is 1. The molecule has 1 heterocycles. The van der Waals surface area contributed by atoms with Crippen LogP contribution in [0, 0.1) is 6.92 Å². The minimum atomic E-state index is -1.12. The van der Waals surface area contributed by atoms with Gasteiger partial charge in [-0.3, -0.25) is 5.32 Å². The summed E-state index contributed by atoms with van der Waals surface area (Å²) >= 11 is 0. The number of nitrogens with one attached hydrogen (secondary N) is 1. The van der Waals surface area contributed by atoms with Gasteiger partial charge < -0.3 is 21.3 Å². The lowest BCUT2D eigenvalue weighted by Crippen LogP contribution is -2.07. The van der Waals surface area contributed by atoms with E-state index in [4.69, 9.17) is 21.3 Å². The smallest absolute Gasteiger partial charge is 0.409 e. The zero-order chi connectivity index (χ0) is 14.7. The topological polar surface area (TPSA) is 123 Å². The van der Waals surface area contributed by atoms with Gasteiger partial charge in [-0.05, 0) is 30.7 Å². The number of hydrogen-bond acceptors (Lipinski definition) is 5. The summed E-state index contributed by atoms with van der Waals surface area (Å²) in [5.41, 5.74) is 12.9. The molecule has 7 nitrogen and oxygen atoms in total. The number of aromatic nitrogens is 1. The number of amides is 1. The van der Waals surface area contributed by atoms with E-state index in [1.165, 1.54) is 6.20 Å². The third kappa shape index (κ3) is 2.89. The molecule has 0 spiro atoms. The molecule has 6 N–H and O–H groups in total. The Bertz CT molecular complexity index is 658. The maximum absolute atomic E-state index is 10.6. The van der Waals surface area contributed by atoms with Crippen LogP contribution in [0.2, 0.25) is 0 Å². The van der Waals surface area contributed by atoms with E-state index in [0.29, 0.717) is 17.2 Å². The zero-order valence-electron chi connectivity index (χ0n) is 10.8. The fourth-order valence-electron chi connectivity index (χ4n) is 1.64. The minimum Gasteiger partial charge on any atom is -0.465 e. The Morgan fingerprint density at radius 3 is 2.70 bits per heavy atom. The molecule has 0 fully saturated rings. The van der Waals surface area contributed by atoms with Crippen molar-refractivity contribution < 1.29 is 14.6 Å². The highest BCUT2D eigenvalue weighted by molar-refractivity contribution is 5.83. The van der Waals surface area contributed by atoms with Crippen molar-refractivity contribution in [1.82, 2.24) is 4.98 Å². The van der Waals surface area contributed by atoms with E-state index in [1.54, 1.807) is 31.2 Å². The summed E-state index contributed by atoms with van der Waals surface area (Å²) in [6.45, 7) is 1.79. The molecule has 0 saturated heterocycles. The third-order valence-corrected chi connectivity index (χ3v) is 2.63. The SMILES string of the molecule is Cc1cc(NC(=O)O)ccc1Oc1ccnc(N)c1N. The third-order valence-electron chi connectivity index (χ3n) is 2.63. The molecule has 2 rings (SSSR count). The second-order valence-electron chi connectivity index (χ2n) is 4.12. The van der Waals surface area contributed by atoms with E-state index in [1.807, 2.05) is 0 Å². The van der Waals surface area contributed by atoms with Crippen LogP contribution in [-0.2, 0) is 0 Å². The molecule has 0 bridgehead atoms. The Balaban J connectivity index is 2.26. The molecular weight excluding hydrogens is 260 g/mol. The van der Waals surface area contributed by atoms with Gasteiger partial charge >= 0.3 is 6.09 Å². The summed E-state index contributed by atoms with van der Waals surface area (Å²) in [6.07, 6.45) is 0.376. The zero-order valence-corrected chi connectivity index (χ0v) is 10.8. The van der Waals surface area contributed by atoms with Crippen LogP contribution < -0.4 is 21.5 Å². The number of ether oxygens (including phenoxy) is 1. The van der Waals surface area contributed by atoms with E-state index in [9.17, 15) is 4.79 Å². The Morgan fingerprint density at radius 1 is 1.30 bits per heavy atom. The molecule has 0 unspecified atom stereocenters.